The molecule has 0 spiro atoms. The second-order valence-electron chi connectivity index (χ2n) is 4.58. The third-order valence-corrected chi connectivity index (χ3v) is 3.27. The summed E-state index contributed by atoms with van der Waals surface area (Å²) in [6.45, 7) is 3.83. The minimum atomic E-state index is 0.182. The molecule has 18 heavy (non-hydrogen) atoms. The van der Waals surface area contributed by atoms with Crippen LogP contribution in [0.2, 0.25) is 0 Å². The van der Waals surface area contributed by atoms with Gasteiger partial charge >= 0.3 is 0 Å². The first-order valence-electron chi connectivity index (χ1n) is 6.17. The van der Waals surface area contributed by atoms with Crippen LogP contribution < -0.4 is 0 Å². The van der Waals surface area contributed by atoms with Crippen molar-refractivity contribution in [1.82, 2.24) is 9.78 Å². The number of aromatic nitrogens is 2. The Bertz CT molecular complexity index is 555. The van der Waals surface area contributed by atoms with Gasteiger partial charge in [-0.2, -0.15) is 5.10 Å². The highest BCUT2D eigenvalue weighted by Gasteiger charge is 2.16. The molecule has 1 heterocycles. The lowest BCUT2D eigenvalue weighted by Gasteiger charge is -2.02. The third-order valence-electron chi connectivity index (χ3n) is 3.27. The van der Waals surface area contributed by atoms with Crippen molar-refractivity contribution in [1.29, 1.82) is 0 Å². The Kier molecular flexibility index (Phi) is 3.60. The van der Waals surface area contributed by atoms with Gasteiger partial charge in [0.1, 0.15) is 0 Å². The van der Waals surface area contributed by atoms with Crippen molar-refractivity contribution < 1.29 is 4.79 Å². The smallest absolute Gasteiger partial charge is 0.166 e. The molecule has 3 nitrogen and oxygen atoms in total. The summed E-state index contributed by atoms with van der Waals surface area (Å²) in [5, 5.41) is 4.28. The number of Topliss-reactive ketones (excluding diaryl/α,β-unsaturated/α-hetero) is 1. The normalized spacial score (nSPS) is 10.6. The molecule has 0 bridgehead atoms. The summed E-state index contributed by atoms with van der Waals surface area (Å²) in [5.74, 6) is 0.182. The van der Waals surface area contributed by atoms with Crippen LogP contribution in [-0.4, -0.2) is 15.6 Å². The van der Waals surface area contributed by atoms with Crippen LogP contribution in [0.25, 0.3) is 0 Å². The van der Waals surface area contributed by atoms with Crippen LogP contribution in [0.4, 0.5) is 0 Å². The number of rotatable bonds is 4. The second kappa shape index (κ2) is 5.17. The summed E-state index contributed by atoms with van der Waals surface area (Å²) in [6.07, 6.45) is 1.32. The Morgan fingerprint density at radius 3 is 2.44 bits per heavy atom. The predicted molar refractivity (Wildman–Crippen MR) is 71.8 cm³/mol. The van der Waals surface area contributed by atoms with E-state index < -0.39 is 0 Å². The fourth-order valence-electron chi connectivity index (χ4n) is 2.20. The van der Waals surface area contributed by atoms with Crippen LogP contribution in [0.15, 0.2) is 30.3 Å². The van der Waals surface area contributed by atoms with E-state index in [0.29, 0.717) is 6.42 Å². The monoisotopic (exact) mass is 242 g/mol. The Morgan fingerprint density at radius 1 is 1.22 bits per heavy atom. The van der Waals surface area contributed by atoms with Crippen molar-refractivity contribution in [2.45, 2.75) is 26.7 Å². The number of hydrogen-bond acceptors (Lipinski definition) is 2. The average Bonchev–Trinajstić information content (AvgIpc) is 2.62. The van der Waals surface area contributed by atoms with Crippen LogP contribution in [-0.2, 0) is 13.5 Å². The molecule has 0 fully saturated rings. The first-order chi connectivity index (χ1) is 8.59. The van der Waals surface area contributed by atoms with Gasteiger partial charge in [-0.3, -0.25) is 9.48 Å². The Balaban J connectivity index is 2.09. The van der Waals surface area contributed by atoms with E-state index in [-0.39, 0.29) is 5.78 Å². The zero-order valence-electron chi connectivity index (χ0n) is 11.1. The molecular formula is C15H18N2O. The van der Waals surface area contributed by atoms with Crippen molar-refractivity contribution in [2.24, 2.45) is 7.05 Å². The van der Waals surface area contributed by atoms with Gasteiger partial charge < -0.3 is 0 Å². The molecule has 94 valence electrons. The van der Waals surface area contributed by atoms with E-state index in [9.17, 15) is 4.79 Å². The quantitative estimate of drug-likeness (QED) is 0.773. The molecule has 0 radical (unpaired) electrons. The first kappa shape index (κ1) is 12.6. The Labute approximate surface area is 107 Å². The van der Waals surface area contributed by atoms with Crippen molar-refractivity contribution >= 4 is 5.78 Å². The number of aryl methyl sites for hydroxylation is 3. The molecule has 0 atom stereocenters. The maximum Gasteiger partial charge on any atom is 0.166 e. The largest absolute Gasteiger partial charge is 0.294 e. The van der Waals surface area contributed by atoms with Gasteiger partial charge in [0.15, 0.2) is 5.78 Å². The topological polar surface area (TPSA) is 34.9 Å². The minimum Gasteiger partial charge on any atom is -0.294 e. The van der Waals surface area contributed by atoms with Gasteiger partial charge in [0.2, 0.25) is 0 Å². The van der Waals surface area contributed by atoms with Gasteiger partial charge in [0.05, 0.1) is 11.3 Å². The highest BCUT2D eigenvalue weighted by atomic mass is 16.1. The molecule has 2 rings (SSSR count). The Morgan fingerprint density at radius 2 is 1.89 bits per heavy atom. The van der Waals surface area contributed by atoms with Crippen LogP contribution >= 0.6 is 0 Å². The second-order valence-corrected chi connectivity index (χ2v) is 4.58. The van der Waals surface area contributed by atoms with E-state index in [1.807, 2.05) is 39.1 Å². The molecule has 1 aromatic heterocycles. The molecule has 3 heteroatoms. The molecule has 0 saturated carbocycles. The SMILES string of the molecule is Cc1nn(C)c(C)c1C(=O)CCc1ccccc1. The lowest BCUT2D eigenvalue weighted by atomic mass is 10.0. The lowest BCUT2D eigenvalue weighted by Crippen LogP contribution is -2.04. The van der Waals surface area contributed by atoms with Gasteiger partial charge in [-0.05, 0) is 25.8 Å². The third kappa shape index (κ3) is 2.50. The molecule has 0 aliphatic carbocycles. The maximum atomic E-state index is 12.2. The van der Waals surface area contributed by atoms with Gasteiger partial charge in [0.25, 0.3) is 0 Å². The maximum absolute atomic E-state index is 12.2. The van der Waals surface area contributed by atoms with E-state index >= 15 is 0 Å². The van der Waals surface area contributed by atoms with E-state index in [0.717, 1.165) is 23.4 Å². The van der Waals surface area contributed by atoms with Crippen molar-refractivity contribution in [3.05, 3.63) is 52.8 Å². The van der Waals surface area contributed by atoms with E-state index in [2.05, 4.69) is 17.2 Å². The van der Waals surface area contributed by atoms with Gasteiger partial charge in [-0.1, -0.05) is 30.3 Å². The number of carbonyl (C=O) groups is 1. The van der Waals surface area contributed by atoms with Gasteiger partial charge in [-0.15, -0.1) is 0 Å². The van der Waals surface area contributed by atoms with Crippen molar-refractivity contribution in [3.63, 3.8) is 0 Å². The van der Waals surface area contributed by atoms with Crippen LogP contribution in [0, 0.1) is 13.8 Å². The van der Waals surface area contributed by atoms with Crippen LogP contribution in [0.3, 0.4) is 0 Å². The molecular weight excluding hydrogens is 224 g/mol. The van der Waals surface area contributed by atoms with E-state index in [4.69, 9.17) is 0 Å². The zero-order valence-corrected chi connectivity index (χ0v) is 11.1. The minimum absolute atomic E-state index is 0.182. The standard InChI is InChI=1S/C15H18N2O/c1-11-15(12(2)17(3)16-11)14(18)10-9-13-7-5-4-6-8-13/h4-8H,9-10H2,1-3H3. The summed E-state index contributed by atoms with van der Waals surface area (Å²) in [5.41, 5.74) is 3.76. The van der Waals surface area contributed by atoms with Crippen molar-refractivity contribution in [3.8, 4) is 0 Å². The number of ketones is 1. The van der Waals surface area contributed by atoms with Crippen LogP contribution in [0.1, 0.15) is 33.7 Å². The average molecular weight is 242 g/mol. The van der Waals surface area contributed by atoms with Crippen LogP contribution in [0.5, 0.6) is 0 Å². The summed E-state index contributed by atoms with van der Waals surface area (Å²) in [7, 11) is 1.87. The molecule has 0 amide bonds. The Hall–Kier alpha value is -1.90. The number of benzene rings is 1. The molecule has 0 N–H and O–H groups in total. The molecule has 0 saturated heterocycles. The lowest BCUT2D eigenvalue weighted by molar-refractivity contribution is 0.0981. The summed E-state index contributed by atoms with van der Waals surface area (Å²) in [6, 6.07) is 10.1. The van der Waals surface area contributed by atoms with E-state index in [1.54, 1.807) is 4.68 Å². The van der Waals surface area contributed by atoms with Gasteiger partial charge in [-0.25, -0.2) is 0 Å². The van der Waals surface area contributed by atoms with E-state index in [1.165, 1.54) is 5.56 Å². The van der Waals surface area contributed by atoms with Gasteiger partial charge in [0, 0.05) is 19.2 Å². The fourth-order valence-corrected chi connectivity index (χ4v) is 2.20. The summed E-state index contributed by atoms with van der Waals surface area (Å²) in [4.78, 5) is 12.2. The van der Waals surface area contributed by atoms with Crippen molar-refractivity contribution in [2.75, 3.05) is 0 Å². The number of hydrogen-bond donors (Lipinski definition) is 0. The number of carbonyl (C=O) groups excluding carboxylic acids is 1. The first-order valence-corrected chi connectivity index (χ1v) is 6.17. The highest BCUT2D eigenvalue weighted by Crippen LogP contribution is 2.15. The molecule has 0 aliphatic heterocycles. The molecule has 1 aromatic carbocycles. The summed E-state index contributed by atoms with van der Waals surface area (Å²) >= 11 is 0. The zero-order chi connectivity index (χ0) is 13.1. The fraction of sp³-hybridized carbons (Fsp3) is 0.333. The molecule has 2 aromatic rings. The summed E-state index contributed by atoms with van der Waals surface area (Å²) < 4.78 is 1.77. The highest BCUT2D eigenvalue weighted by molar-refractivity contribution is 5.98. The number of nitrogens with zero attached hydrogens (tertiary/aromatic N) is 2. The molecule has 0 aliphatic rings. The predicted octanol–water partition coefficient (Wildman–Crippen LogP) is 2.85. The molecule has 0 unspecified atom stereocenters.